The lowest BCUT2D eigenvalue weighted by molar-refractivity contribution is 0.0963. The topological polar surface area (TPSA) is 106 Å². The van der Waals surface area contributed by atoms with E-state index in [-0.39, 0.29) is 11.7 Å². The summed E-state index contributed by atoms with van der Waals surface area (Å²) in [7, 11) is 0.654. The van der Waals surface area contributed by atoms with E-state index in [9.17, 15) is 18.3 Å². The molecule has 0 aliphatic carbocycles. The summed E-state index contributed by atoms with van der Waals surface area (Å²) in [5.74, 6) is -0.184. The molecule has 3 aromatic rings. The van der Waals surface area contributed by atoms with Gasteiger partial charge in [0.2, 0.25) is 0 Å². The van der Waals surface area contributed by atoms with E-state index in [4.69, 9.17) is 0 Å². The van der Waals surface area contributed by atoms with E-state index >= 15 is 0 Å². The highest BCUT2D eigenvalue weighted by molar-refractivity contribution is 7.86. The fourth-order valence-corrected chi connectivity index (χ4v) is 4.80. The maximum atomic E-state index is 13.1. The van der Waals surface area contributed by atoms with Gasteiger partial charge in [-0.2, -0.15) is 12.7 Å². The second-order valence-corrected chi connectivity index (χ2v) is 9.25. The molecule has 0 saturated heterocycles. The van der Waals surface area contributed by atoms with Crippen molar-refractivity contribution >= 4 is 33.1 Å². The molecule has 8 nitrogen and oxygen atoms in total. The first-order valence-electron chi connectivity index (χ1n) is 9.30. The Morgan fingerprint density at radius 3 is 2.67 bits per heavy atom. The fraction of sp³-hybridized carbons (Fsp3) is 0.190. The van der Waals surface area contributed by atoms with Gasteiger partial charge < -0.3 is 15.4 Å². The predicted octanol–water partition coefficient (Wildman–Crippen LogP) is 2.42. The van der Waals surface area contributed by atoms with Crippen LogP contribution in [0.5, 0.6) is 5.75 Å². The average molecular weight is 426 g/mol. The van der Waals surface area contributed by atoms with Gasteiger partial charge in [-0.1, -0.05) is 18.2 Å². The summed E-state index contributed by atoms with van der Waals surface area (Å²) >= 11 is 0. The third kappa shape index (κ3) is 3.03. The number of aromatic nitrogens is 1. The van der Waals surface area contributed by atoms with Crippen LogP contribution in [0.4, 0.5) is 0 Å². The third-order valence-corrected chi connectivity index (χ3v) is 7.06. The Morgan fingerprint density at radius 2 is 1.97 bits per heavy atom. The van der Waals surface area contributed by atoms with Crippen molar-refractivity contribution in [2.45, 2.75) is 6.04 Å². The molecule has 9 heteroatoms. The first-order valence-corrected chi connectivity index (χ1v) is 10.7. The van der Waals surface area contributed by atoms with E-state index in [0.717, 1.165) is 9.87 Å². The third-order valence-electron chi connectivity index (χ3n) is 5.27. The maximum absolute atomic E-state index is 13.1. The Bertz CT molecular complexity index is 1280. The number of hydrogen-bond donors (Lipinski definition) is 3. The largest absolute Gasteiger partial charge is 0.506 e. The van der Waals surface area contributed by atoms with Crippen LogP contribution in [0.1, 0.15) is 33.1 Å². The maximum Gasteiger partial charge on any atom is 0.303 e. The SMILES string of the molecule is CNC(=O)c1ccc2c(c1)C(c1c[nH]c3c(O)cccc13)N(S(=O)(=O)N(C)C)C=C2. The van der Waals surface area contributed by atoms with Crippen molar-refractivity contribution < 1.29 is 18.3 Å². The minimum Gasteiger partial charge on any atom is -0.506 e. The number of nitrogens with one attached hydrogen (secondary N) is 2. The summed E-state index contributed by atoms with van der Waals surface area (Å²) in [5, 5.41) is 13.5. The molecule has 1 amide bonds. The van der Waals surface area contributed by atoms with Gasteiger partial charge in [0.05, 0.1) is 11.6 Å². The monoisotopic (exact) mass is 426 g/mol. The lowest BCUT2D eigenvalue weighted by Crippen LogP contribution is -2.40. The van der Waals surface area contributed by atoms with Crippen molar-refractivity contribution in [2.24, 2.45) is 0 Å². The average Bonchev–Trinajstić information content (AvgIpc) is 3.16. The molecule has 1 aromatic heterocycles. The highest BCUT2D eigenvalue weighted by atomic mass is 32.2. The zero-order valence-corrected chi connectivity index (χ0v) is 17.6. The molecule has 0 bridgehead atoms. The van der Waals surface area contributed by atoms with Crippen molar-refractivity contribution in [2.75, 3.05) is 21.1 Å². The lowest BCUT2D eigenvalue weighted by atomic mass is 9.90. The van der Waals surface area contributed by atoms with Crippen LogP contribution in [0.3, 0.4) is 0 Å². The van der Waals surface area contributed by atoms with Crippen LogP contribution in [0.2, 0.25) is 0 Å². The molecule has 1 aliphatic rings. The summed E-state index contributed by atoms with van der Waals surface area (Å²) < 4.78 is 28.7. The zero-order valence-electron chi connectivity index (χ0n) is 16.7. The Labute approximate surface area is 174 Å². The molecule has 30 heavy (non-hydrogen) atoms. The Kier molecular flexibility index (Phi) is 4.79. The first-order chi connectivity index (χ1) is 14.3. The second kappa shape index (κ2) is 7.19. The number of benzene rings is 2. The minimum absolute atomic E-state index is 0.0754. The summed E-state index contributed by atoms with van der Waals surface area (Å²) in [6.07, 6.45) is 4.94. The van der Waals surface area contributed by atoms with Crippen molar-refractivity contribution in [3.63, 3.8) is 0 Å². The van der Waals surface area contributed by atoms with E-state index in [1.54, 1.807) is 49.7 Å². The van der Waals surface area contributed by atoms with Gasteiger partial charge in [0.1, 0.15) is 5.75 Å². The molecule has 0 spiro atoms. The number of para-hydroxylation sites is 1. The molecule has 4 rings (SSSR count). The number of aromatic amines is 1. The molecule has 3 N–H and O–H groups in total. The van der Waals surface area contributed by atoms with Gasteiger partial charge >= 0.3 is 10.2 Å². The van der Waals surface area contributed by atoms with Crippen molar-refractivity contribution in [1.29, 1.82) is 0 Å². The molecular weight excluding hydrogens is 404 g/mol. The van der Waals surface area contributed by atoms with Gasteiger partial charge in [0.15, 0.2) is 0 Å². The Morgan fingerprint density at radius 1 is 1.20 bits per heavy atom. The number of amides is 1. The van der Waals surface area contributed by atoms with Crippen LogP contribution < -0.4 is 5.32 Å². The molecule has 156 valence electrons. The van der Waals surface area contributed by atoms with Crippen LogP contribution in [0, 0.1) is 0 Å². The number of aromatic hydroxyl groups is 1. The molecule has 0 fully saturated rings. The van der Waals surface area contributed by atoms with Crippen molar-refractivity contribution in [3.05, 3.63) is 71.0 Å². The number of carbonyl (C=O) groups excluding carboxylic acids is 1. The first kappa shape index (κ1) is 20.0. The van der Waals surface area contributed by atoms with Gasteiger partial charge in [0.25, 0.3) is 5.91 Å². The zero-order chi connectivity index (χ0) is 21.6. The number of nitrogens with zero attached hydrogens (tertiary/aromatic N) is 2. The molecule has 2 heterocycles. The number of phenolic OH excluding ortho intramolecular Hbond substituents is 1. The standard InChI is InChI=1S/C21H22N4O4S/c1-22-21(27)14-8-7-13-9-10-25(30(28,29)24(2)3)20(16(13)11-14)17-12-23-19-15(17)5-4-6-18(19)26/h4-12,20,23,26H,1-3H3,(H,22,27). The number of hydrogen-bond acceptors (Lipinski definition) is 4. The molecular formula is C21H22N4O4S. The highest BCUT2D eigenvalue weighted by Gasteiger charge is 2.36. The van der Waals surface area contributed by atoms with E-state index in [2.05, 4.69) is 10.3 Å². The Hall–Kier alpha value is -3.30. The van der Waals surface area contributed by atoms with Gasteiger partial charge in [0, 0.05) is 50.1 Å². The normalized spacial score (nSPS) is 16.1. The van der Waals surface area contributed by atoms with Crippen LogP contribution >= 0.6 is 0 Å². The van der Waals surface area contributed by atoms with Crippen LogP contribution in [0.25, 0.3) is 17.0 Å². The Balaban J connectivity index is 2.00. The molecule has 2 aromatic carbocycles. The molecule has 0 radical (unpaired) electrons. The van der Waals surface area contributed by atoms with Gasteiger partial charge in [-0.15, -0.1) is 0 Å². The summed E-state index contributed by atoms with van der Waals surface area (Å²) in [6, 6.07) is 9.59. The van der Waals surface area contributed by atoms with E-state index in [1.807, 2.05) is 6.07 Å². The number of phenols is 1. The number of fused-ring (bicyclic) bond motifs is 2. The lowest BCUT2D eigenvalue weighted by Gasteiger charge is -2.35. The molecule has 1 atom stereocenters. The van der Waals surface area contributed by atoms with Gasteiger partial charge in [-0.25, -0.2) is 0 Å². The summed E-state index contributed by atoms with van der Waals surface area (Å²) in [6.45, 7) is 0. The second-order valence-electron chi connectivity index (χ2n) is 7.20. The van der Waals surface area contributed by atoms with Crippen molar-refractivity contribution in [3.8, 4) is 5.75 Å². The highest BCUT2D eigenvalue weighted by Crippen LogP contribution is 2.42. The van der Waals surface area contributed by atoms with E-state index < -0.39 is 16.3 Å². The molecule has 1 aliphatic heterocycles. The quantitative estimate of drug-likeness (QED) is 0.596. The van der Waals surface area contributed by atoms with Crippen molar-refractivity contribution in [1.82, 2.24) is 18.9 Å². The van der Waals surface area contributed by atoms with Crippen LogP contribution in [-0.2, 0) is 10.2 Å². The van der Waals surface area contributed by atoms with Gasteiger partial charge in [-0.05, 0) is 35.4 Å². The van der Waals surface area contributed by atoms with Crippen LogP contribution in [-0.4, -0.2) is 54.2 Å². The van der Waals surface area contributed by atoms with Gasteiger partial charge in [-0.3, -0.25) is 9.10 Å². The summed E-state index contributed by atoms with van der Waals surface area (Å²) in [4.78, 5) is 15.3. The number of carbonyl (C=O) groups is 1. The van der Waals surface area contributed by atoms with E-state index in [1.165, 1.54) is 24.6 Å². The molecule has 1 unspecified atom stereocenters. The number of H-pyrrole nitrogens is 1. The smallest absolute Gasteiger partial charge is 0.303 e. The number of rotatable bonds is 4. The summed E-state index contributed by atoms with van der Waals surface area (Å²) in [5.41, 5.74) is 3.11. The molecule has 0 saturated carbocycles. The van der Waals surface area contributed by atoms with E-state index in [0.29, 0.717) is 27.6 Å². The fourth-order valence-electron chi connectivity index (χ4n) is 3.72. The van der Waals surface area contributed by atoms with Crippen LogP contribution in [0.15, 0.2) is 48.8 Å². The minimum atomic E-state index is -3.83. The predicted molar refractivity (Wildman–Crippen MR) is 115 cm³/mol.